The fourth-order valence-corrected chi connectivity index (χ4v) is 0.736. The standard InChI is InChI=1S/C5H8O3/c1-3-2-4(6)5(7)8-3/h3-4,6H,2H2,1H3. The van der Waals surface area contributed by atoms with Crippen molar-refractivity contribution in [3.05, 3.63) is 0 Å². The quantitative estimate of drug-likeness (QED) is 0.441. The highest BCUT2D eigenvalue weighted by Gasteiger charge is 2.29. The van der Waals surface area contributed by atoms with Gasteiger partial charge in [-0.25, -0.2) is 4.79 Å². The van der Waals surface area contributed by atoms with Crippen LogP contribution in [0.5, 0.6) is 0 Å². The van der Waals surface area contributed by atoms with Gasteiger partial charge < -0.3 is 9.84 Å². The molecule has 2 atom stereocenters. The van der Waals surface area contributed by atoms with Gasteiger partial charge in [-0.05, 0) is 6.92 Å². The first kappa shape index (κ1) is 5.56. The average molecular weight is 116 g/mol. The minimum Gasteiger partial charge on any atom is -0.461 e. The lowest BCUT2D eigenvalue weighted by Crippen LogP contribution is -2.11. The Balaban J connectivity index is 2.51. The van der Waals surface area contributed by atoms with E-state index in [1.807, 2.05) is 0 Å². The SMILES string of the molecule is CC1CC(O)C(=O)O1. The highest BCUT2D eigenvalue weighted by Crippen LogP contribution is 2.12. The Hall–Kier alpha value is -0.570. The van der Waals surface area contributed by atoms with Crippen LogP contribution in [0.25, 0.3) is 0 Å². The molecule has 1 aliphatic rings. The van der Waals surface area contributed by atoms with Gasteiger partial charge in [0.05, 0.1) is 0 Å². The first-order valence-corrected chi connectivity index (χ1v) is 2.58. The predicted octanol–water partition coefficient (Wildman–Crippen LogP) is -0.317. The van der Waals surface area contributed by atoms with Gasteiger partial charge in [0.1, 0.15) is 6.10 Å². The van der Waals surface area contributed by atoms with Gasteiger partial charge in [0.2, 0.25) is 0 Å². The summed E-state index contributed by atoms with van der Waals surface area (Å²) in [7, 11) is 0. The summed E-state index contributed by atoms with van der Waals surface area (Å²) in [6, 6.07) is 0. The molecule has 1 aliphatic heterocycles. The molecule has 1 N–H and O–H groups in total. The van der Waals surface area contributed by atoms with E-state index >= 15 is 0 Å². The number of ether oxygens (including phenoxy) is 1. The number of esters is 1. The van der Waals surface area contributed by atoms with Crippen LogP contribution in [-0.2, 0) is 9.53 Å². The van der Waals surface area contributed by atoms with E-state index in [1.54, 1.807) is 6.92 Å². The van der Waals surface area contributed by atoms with Gasteiger partial charge >= 0.3 is 5.97 Å². The van der Waals surface area contributed by atoms with E-state index in [2.05, 4.69) is 4.74 Å². The summed E-state index contributed by atoms with van der Waals surface area (Å²) in [5, 5.41) is 8.69. The number of hydrogen-bond acceptors (Lipinski definition) is 3. The summed E-state index contributed by atoms with van der Waals surface area (Å²) in [6.45, 7) is 1.76. The largest absolute Gasteiger partial charge is 0.461 e. The van der Waals surface area contributed by atoms with Gasteiger partial charge in [-0.15, -0.1) is 0 Å². The molecule has 46 valence electrons. The van der Waals surface area contributed by atoms with Crippen LogP contribution in [0.2, 0.25) is 0 Å². The second kappa shape index (κ2) is 1.74. The highest BCUT2D eigenvalue weighted by atomic mass is 16.6. The van der Waals surface area contributed by atoms with E-state index in [0.717, 1.165) is 0 Å². The van der Waals surface area contributed by atoms with Crippen LogP contribution in [0, 0.1) is 0 Å². The molecular formula is C5H8O3. The summed E-state index contributed by atoms with van der Waals surface area (Å²) in [4.78, 5) is 10.3. The van der Waals surface area contributed by atoms with Crippen LogP contribution in [0.15, 0.2) is 0 Å². The molecule has 0 radical (unpaired) electrons. The van der Waals surface area contributed by atoms with Crippen molar-refractivity contribution in [2.75, 3.05) is 0 Å². The minimum absolute atomic E-state index is 0.0995. The molecule has 1 rings (SSSR count). The third-order valence-electron chi connectivity index (χ3n) is 1.14. The van der Waals surface area contributed by atoms with Gasteiger partial charge in [-0.2, -0.15) is 0 Å². The highest BCUT2D eigenvalue weighted by molar-refractivity contribution is 5.76. The van der Waals surface area contributed by atoms with Gasteiger partial charge in [0, 0.05) is 6.42 Å². The summed E-state index contributed by atoms with van der Waals surface area (Å²) < 4.78 is 4.58. The molecule has 3 heteroatoms. The van der Waals surface area contributed by atoms with E-state index in [1.165, 1.54) is 0 Å². The fraction of sp³-hybridized carbons (Fsp3) is 0.800. The normalized spacial score (nSPS) is 37.5. The first-order valence-electron chi connectivity index (χ1n) is 2.58. The molecule has 1 heterocycles. The summed E-state index contributed by atoms with van der Waals surface area (Å²) in [6.07, 6.45) is -0.527. The topological polar surface area (TPSA) is 46.5 Å². The molecule has 0 bridgehead atoms. The van der Waals surface area contributed by atoms with Crippen LogP contribution in [-0.4, -0.2) is 23.3 Å². The second-order valence-corrected chi connectivity index (χ2v) is 2.00. The molecule has 1 fully saturated rings. The second-order valence-electron chi connectivity index (χ2n) is 2.00. The van der Waals surface area contributed by atoms with Crippen molar-refractivity contribution in [3.63, 3.8) is 0 Å². The number of carbonyl (C=O) groups is 1. The van der Waals surface area contributed by atoms with E-state index < -0.39 is 12.1 Å². The molecule has 0 amide bonds. The lowest BCUT2D eigenvalue weighted by molar-refractivity contribution is -0.146. The minimum atomic E-state index is -0.870. The molecular weight excluding hydrogens is 108 g/mol. The zero-order valence-corrected chi connectivity index (χ0v) is 4.63. The molecule has 8 heavy (non-hydrogen) atoms. The monoisotopic (exact) mass is 116 g/mol. The molecule has 3 nitrogen and oxygen atoms in total. The molecule has 0 aromatic rings. The van der Waals surface area contributed by atoms with Crippen LogP contribution >= 0.6 is 0 Å². The van der Waals surface area contributed by atoms with E-state index in [-0.39, 0.29) is 6.10 Å². The maximum atomic E-state index is 10.3. The Morgan fingerprint density at radius 2 is 2.50 bits per heavy atom. The Morgan fingerprint density at radius 1 is 1.88 bits per heavy atom. The van der Waals surface area contributed by atoms with Gasteiger partial charge in [0.15, 0.2) is 6.10 Å². The van der Waals surface area contributed by atoms with Crippen LogP contribution < -0.4 is 0 Å². The summed E-state index contributed by atoms with van der Waals surface area (Å²) >= 11 is 0. The average Bonchev–Trinajstić information content (AvgIpc) is 1.85. The van der Waals surface area contributed by atoms with Crippen molar-refractivity contribution in [2.24, 2.45) is 0 Å². The Morgan fingerprint density at radius 3 is 2.62 bits per heavy atom. The molecule has 1 saturated heterocycles. The van der Waals surface area contributed by atoms with Crippen molar-refractivity contribution < 1.29 is 14.6 Å². The maximum Gasteiger partial charge on any atom is 0.335 e. The van der Waals surface area contributed by atoms with Crippen LogP contribution in [0.3, 0.4) is 0 Å². The van der Waals surface area contributed by atoms with Crippen molar-refractivity contribution >= 4 is 5.97 Å². The number of carbonyl (C=O) groups excluding carboxylic acids is 1. The fourth-order valence-electron chi connectivity index (χ4n) is 0.736. The van der Waals surface area contributed by atoms with Crippen LogP contribution in [0.4, 0.5) is 0 Å². The van der Waals surface area contributed by atoms with Gasteiger partial charge in [0.25, 0.3) is 0 Å². The molecule has 0 aromatic carbocycles. The third-order valence-corrected chi connectivity index (χ3v) is 1.14. The van der Waals surface area contributed by atoms with Crippen molar-refractivity contribution in [2.45, 2.75) is 25.6 Å². The predicted molar refractivity (Wildman–Crippen MR) is 26.2 cm³/mol. The van der Waals surface area contributed by atoms with E-state index in [4.69, 9.17) is 5.11 Å². The number of aliphatic hydroxyl groups excluding tert-OH is 1. The molecule has 0 saturated carbocycles. The molecule has 0 aromatic heterocycles. The Kier molecular flexibility index (Phi) is 1.21. The lowest BCUT2D eigenvalue weighted by atomic mass is 10.2. The maximum absolute atomic E-state index is 10.3. The van der Waals surface area contributed by atoms with Crippen LogP contribution in [0.1, 0.15) is 13.3 Å². The molecule has 0 aliphatic carbocycles. The van der Waals surface area contributed by atoms with E-state index in [0.29, 0.717) is 6.42 Å². The molecule has 0 spiro atoms. The number of aliphatic hydroxyl groups is 1. The summed E-state index contributed by atoms with van der Waals surface area (Å²) in [5.74, 6) is -0.488. The van der Waals surface area contributed by atoms with E-state index in [9.17, 15) is 4.79 Å². The molecule has 2 unspecified atom stereocenters. The Bertz CT molecular complexity index is 110. The first-order chi connectivity index (χ1) is 3.70. The van der Waals surface area contributed by atoms with Gasteiger partial charge in [-0.1, -0.05) is 0 Å². The van der Waals surface area contributed by atoms with Gasteiger partial charge in [-0.3, -0.25) is 0 Å². The lowest BCUT2D eigenvalue weighted by Gasteiger charge is -1.94. The zero-order chi connectivity index (χ0) is 6.15. The smallest absolute Gasteiger partial charge is 0.335 e. The van der Waals surface area contributed by atoms with Crippen molar-refractivity contribution in [1.29, 1.82) is 0 Å². The van der Waals surface area contributed by atoms with Crippen molar-refractivity contribution in [1.82, 2.24) is 0 Å². The van der Waals surface area contributed by atoms with Crippen molar-refractivity contribution in [3.8, 4) is 0 Å². The zero-order valence-electron chi connectivity index (χ0n) is 4.63. The Labute approximate surface area is 47.3 Å². The number of hydrogen-bond donors (Lipinski definition) is 1. The summed E-state index contributed by atoms with van der Waals surface area (Å²) in [5.41, 5.74) is 0. The third kappa shape index (κ3) is 0.816. The number of rotatable bonds is 0. The number of cyclic esters (lactones) is 1.